The largest absolute Gasteiger partial charge is 0.481 e. The molecule has 2 aromatic carbocycles. The molecule has 0 aliphatic rings. The van der Waals surface area contributed by atoms with Gasteiger partial charge in [-0.3, -0.25) is 4.79 Å². The second-order valence-electron chi connectivity index (χ2n) is 4.94. The van der Waals surface area contributed by atoms with Gasteiger partial charge in [-0.25, -0.2) is 4.79 Å². The van der Waals surface area contributed by atoms with Crippen LogP contribution in [-0.4, -0.2) is 23.7 Å². The van der Waals surface area contributed by atoms with E-state index in [0.717, 1.165) is 5.56 Å². The maximum Gasteiger partial charge on any atom is 0.408 e. The SMILES string of the molecule is O=C(O)Cc1ccccc1C#CCNC(=O)OCc1ccccc1. The van der Waals surface area contributed by atoms with Gasteiger partial charge in [0.1, 0.15) is 6.61 Å². The Morgan fingerprint density at radius 2 is 1.75 bits per heavy atom. The van der Waals surface area contributed by atoms with Crippen LogP contribution in [0.3, 0.4) is 0 Å². The first-order chi connectivity index (χ1) is 11.6. The van der Waals surface area contributed by atoms with Gasteiger partial charge in [0.25, 0.3) is 0 Å². The van der Waals surface area contributed by atoms with Crippen LogP contribution in [0.1, 0.15) is 16.7 Å². The minimum absolute atomic E-state index is 0.0859. The van der Waals surface area contributed by atoms with Crippen molar-refractivity contribution < 1.29 is 19.4 Å². The lowest BCUT2D eigenvalue weighted by molar-refractivity contribution is -0.136. The normalized spacial score (nSPS) is 9.50. The Morgan fingerprint density at radius 1 is 1.04 bits per heavy atom. The Balaban J connectivity index is 1.81. The van der Waals surface area contributed by atoms with Gasteiger partial charge in [0.2, 0.25) is 0 Å². The van der Waals surface area contributed by atoms with E-state index in [4.69, 9.17) is 9.84 Å². The maximum absolute atomic E-state index is 11.6. The van der Waals surface area contributed by atoms with Crippen LogP contribution in [0.25, 0.3) is 0 Å². The van der Waals surface area contributed by atoms with E-state index in [9.17, 15) is 9.59 Å². The van der Waals surface area contributed by atoms with E-state index < -0.39 is 12.1 Å². The van der Waals surface area contributed by atoms with Crippen molar-refractivity contribution in [1.29, 1.82) is 0 Å². The van der Waals surface area contributed by atoms with Crippen molar-refractivity contribution >= 4 is 12.1 Å². The third-order valence-electron chi connectivity index (χ3n) is 3.12. The molecular formula is C19H17NO4. The predicted molar refractivity (Wildman–Crippen MR) is 89.3 cm³/mol. The van der Waals surface area contributed by atoms with E-state index in [-0.39, 0.29) is 19.6 Å². The van der Waals surface area contributed by atoms with Crippen molar-refractivity contribution in [2.75, 3.05) is 6.54 Å². The van der Waals surface area contributed by atoms with Crippen LogP contribution in [0.5, 0.6) is 0 Å². The van der Waals surface area contributed by atoms with Crippen molar-refractivity contribution in [2.45, 2.75) is 13.0 Å². The van der Waals surface area contributed by atoms with Gasteiger partial charge in [-0.05, 0) is 17.2 Å². The molecule has 5 nitrogen and oxygen atoms in total. The van der Waals surface area contributed by atoms with Gasteiger partial charge in [0.05, 0.1) is 13.0 Å². The number of nitrogens with one attached hydrogen (secondary N) is 1. The van der Waals surface area contributed by atoms with Crippen molar-refractivity contribution in [1.82, 2.24) is 5.32 Å². The van der Waals surface area contributed by atoms with Gasteiger partial charge >= 0.3 is 12.1 Å². The number of carboxylic acid groups (broad SMARTS) is 1. The summed E-state index contributed by atoms with van der Waals surface area (Å²) in [5.74, 6) is 4.74. The first kappa shape index (κ1) is 17.1. The molecule has 0 bridgehead atoms. The summed E-state index contributed by atoms with van der Waals surface area (Å²) in [6, 6.07) is 16.4. The highest BCUT2D eigenvalue weighted by Crippen LogP contribution is 2.08. The molecule has 2 rings (SSSR count). The van der Waals surface area contributed by atoms with E-state index in [2.05, 4.69) is 17.2 Å². The fraction of sp³-hybridized carbons (Fsp3) is 0.158. The predicted octanol–water partition coefficient (Wildman–Crippen LogP) is 2.59. The van der Waals surface area contributed by atoms with Crippen molar-refractivity contribution in [3.8, 4) is 11.8 Å². The van der Waals surface area contributed by atoms with Gasteiger partial charge < -0.3 is 15.2 Å². The fourth-order valence-corrected chi connectivity index (χ4v) is 1.99. The summed E-state index contributed by atoms with van der Waals surface area (Å²) in [5.41, 5.74) is 2.19. The minimum Gasteiger partial charge on any atom is -0.481 e. The number of carbonyl (C=O) groups is 2. The molecule has 0 aliphatic heterocycles. The van der Waals surface area contributed by atoms with E-state index >= 15 is 0 Å². The molecule has 5 heteroatoms. The highest BCUT2D eigenvalue weighted by Gasteiger charge is 2.04. The summed E-state index contributed by atoms with van der Waals surface area (Å²) in [5, 5.41) is 11.4. The standard InChI is InChI=1S/C19H17NO4/c21-18(22)13-17-10-5-4-9-16(17)11-6-12-20-19(23)24-14-15-7-2-1-3-8-15/h1-5,7-10H,12-14H2,(H,20,23)(H,21,22). The molecule has 0 aromatic heterocycles. The molecule has 0 heterocycles. The summed E-state index contributed by atoms with van der Waals surface area (Å²) >= 11 is 0. The number of benzene rings is 2. The summed E-state index contributed by atoms with van der Waals surface area (Å²) in [6.07, 6.45) is -0.635. The van der Waals surface area contributed by atoms with Crippen molar-refractivity contribution in [3.63, 3.8) is 0 Å². The molecule has 0 fully saturated rings. The number of carbonyl (C=O) groups excluding carboxylic acids is 1. The van der Waals surface area contributed by atoms with Gasteiger partial charge in [-0.1, -0.05) is 60.4 Å². The van der Waals surface area contributed by atoms with Crippen molar-refractivity contribution in [3.05, 3.63) is 71.3 Å². The molecule has 24 heavy (non-hydrogen) atoms. The monoisotopic (exact) mass is 323 g/mol. The fourth-order valence-electron chi connectivity index (χ4n) is 1.99. The highest BCUT2D eigenvalue weighted by atomic mass is 16.5. The molecule has 2 N–H and O–H groups in total. The lowest BCUT2D eigenvalue weighted by Gasteiger charge is -2.04. The van der Waals surface area contributed by atoms with Crippen LogP contribution < -0.4 is 5.32 Å². The molecule has 2 aromatic rings. The van der Waals surface area contributed by atoms with Gasteiger partial charge in [0, 0.05) is 5.56 Å². The zero-order valence-electron chi connectivity index (χ0n) is 13.0. The quantitative estimate of drug-likeness (QED) is 0.829. The first-order valence-corrected chi connectivity index (χ1v) is 7.38. The van der Waals surface area contributed by atoms with Gasteiger partial charge in [-0.15, -0.1) is 0 Å². The Labute approximate surface area is 140 Å². The third kappa shape index (κ3) is 5.85. The number of carboxylic acids is 1. The van der Waals surface area contributed by atoms with Crippen LogP contribution in [0.4, 0.5) is 4.79 Å². The second-order valence-corrected chi connectivity index (χ2v) is 4.94. The molecule has 0 atom stereocenters. The van der Waals surface area contributed by atoms with E-state index in [1.54, 1.807) is 24.3 Å². The van der Waals surface area contributed by atoms with Crippen LogP contribution in [0, 0.1) is 11.8 Å². The Bertz CT molecular complexity index is 760. The molecule has 122 valence electrons. The van der Waals surface area contributed by atoms with Gasteiger partial charge in [0.15, 0.2) is 0 Å². The number of ether oxygens (including phenoxy) is 1. The number of amides is 1. The molecule has 0 radical (unpaired) electrons. The number of hydrogen-bond acceptors (Lipinski definition) is 3. The topological polar surface area (TPSA) is 75.6 Å². The summed E-state index contributed by atoms with van der Waals surface area (Å²) in [7, 11) is 0. The van der Waals surface area contributed by atoms with Crippen LogP contribution in [0.15, 0.2) is 54.6 Å². The summed E-state index contributed by atoms with van der Waals surface area (Å²) < 4.78 is 5.06. The molecule has 0 saturated heterocycles. The lowest BCUT2D eigenvalue weighted by atomic mass is 10.1. The molecule has 0 aliphatic carbocycles. The van der Waals surface area contributed by atoms with Gasteiger partial charge in [-0.2, -0.15) is 0 Å². The van der Waals surface area contributed by atoms with Crippen LogP contribution in [-0.2, 0) is 22.6 Å². The Kier molecular flexibility index (Phi) is 6.42. The third-order valence-corrected chi connectivity index (χ3v) is 3.12. The number of rotatable bonds is 5. The van der Waals surface area contributed by atoms with E-state index in [1.807, 2.05) is 30.3 Å². The molecule has 1 amide bonds. The lowest BCUT2D eigenvalue weighted by Crippen LogP contribution is -2.24. The van der Waals surface area contributed by atoms with Crippen LogP contribution in [0.2, 0.25) is 0 Å². The second kappa shape index (κ2) is 9.01. The molecule has 0 saturated carbocycles. The highest BCUT2D eigenvalue weighted by molar-refractivity contribution is 5.71. The maximum atomic E-state index is 11.6. The number of alkyl carbamates (subject to hydrolysis) is 1. The zero-order chi connectivity index (χ0) is 17.2. The smallest absolute Gasteiger partial charge is 0.408 e. The van der Waals surface area contributed by atoms with E-state index in [0.29, 0.717) is 11.1 Å². The average molecular weight is 323 g/mol. The summed E-state index contributed by atoms with van der Waals surface area (Å²) in [6.45, 7) is 0.316. The number of hydrogen-bond donors (Lipinski definition) is 2. The summed E-state index contributed by atoms with van der Waals surface area (Å²) in [4.78, 5) is 22.4. The van der Waals surface area contributed by atoms with E-state index in [1.165, 1.54) is 0 Å². The first-order valence-electron chi connectivity index (χ1n) is 7.38. The molecule has 0 spiro atoms. The zero-order valence-corrected chi connectivity index (χ0v) is 13.0. The van der Waals surface area contributed by atoms with Crippen LogP contribution >= 0.6 is 0 Å². The Morgan fingerprint density at radius 3 is 2.50 bits per heavy atom. The average Bonchev–Trinajstić information content (AvgIpc) is 2.58. The Hall–Kier alpha value is -3.26. The molecule has 0 unspecified atom stereocenters. The van der Waals surface area contributed by atoms with Crippen molar-refractivity contribution in [2.24, 2.45) is 0 Å². The molecular weight excluding hydrogens is 306 g/mol. The number of aliphatic carboxylic acids is 1. The minimum atomic E-state index is -0.910.